The molecule has 1 fully saturated rings. The molecule has 0 aliphatic carbocycles. The van der Waals surface area contributed by atoms with Gasteiger partial charge in [0.15, 0.2) is 0 Å². The molecule has 1 aromatic rings. The number of rotatable bonds is 6. The molecule has 1 aliphatic heterocycles. The minimum absolute atomic E-state index is 0.0645. The van der Waals surface area contributed by atoms with Gasteiger partial charge in [0.25, 0.3) is 0 Å². The fourth-order valence-corrected chi connectivity index (χ4v) is 4.20. The first-order valence-corrected chi connectivity index (χ1v) is 9.23. The van der Waals surface area contributed by atoms with Gasteiger partial charge in [-0.2, -0.15) is 4.31 Å². The second kappa shape index (κ2) is 7.31. The molecule has 1 aliphatic rings. The molecule has 0 saturated carbocycles. The number of ether oxygens (including phenoxy) is 2. The predicted molar refractivity (Wildman–Crippen MR) is 86.1 cm³/mol. The van der Waals surface area contributed by atoms with E-state index in [1.807, 2.05) is 0 Å². The predicted octanol–water partition coefficient (Wildman–Crippen LogP) is 1.50. The lowest BCUT2D eigenvalue weighted by Crippen LogP contribution is -2.31. The standard InChI is InChI=1S/C16H21NO6S/c1-4-17(5-2)24(20,21)14-10-12(7-6-11(14)3)15(18)23-13-8-9-22-16(13)19/h6-7,10,13H,4-5,8-9H2,1-3H3/t13-/m0/s1. The number of aryl methyl sites for hydroxylation is 1. The molecular formula is C16H21NO6S. The Balaban J connectivity index is 2.31. The molecule has 1 atom stereocenters. The molecule has 1 aromatic carbocycles. The number of benzene rings is 1. The van der Waals surface area contributed by atoms with Crippen LogP contribution in [0.15, 0.2) is 23.1 Å². The number of carbonyl (C=O) groups excluding carboxylic acids is 2. The van der Waals surface area contributed by atoms with Gasteiger partial charge in [-0.25, -0.2) is 18.0 Å². The highest BCUT2D eigenvalue weighted by Crippen LogP contribution is 2.22. The van der Waals surface area contributed by atoms with Gasteiger partial charge in [0.05, 0.1) is 17.1 Å². The van der Waals surface area contributed by atoms with Crippen molar-refractivity contribution in [1.82, 2.24) is 4.31 Å². The van der Waals surface area contributed by atoms with E-state index in [0.29, 0.717) is 25.1 Å². The number of hydrogen-bond donors (Lipinski definition) is 0. The first-order chi connectivity index (χ1) is 11.3. The van der Waals surface area contributed by atoms with Crippen molar-refractivity contribution in [2.24, 2.45) is 0 Å². The van der Waals surface area contributed by atoms with Gasteiger partial charge in [0.2, 0.25) is 16.1 Å². The molecule has 24 heavy (non-hydrogen) atoms. The Kier molecular flexibility index (Phi) is 5.61. The molecule has 0 N–H and O–H groups in total. The lowest BCUT2D eigenvalue weighted by molar-refractivity contribution is -0.145. The molecular weight excluding hydrogens is 334 g/mol. The highest BCUT2D eigenvalue weighted by molar-refractivity contribution is 7.89. The Morgan fingerprint density at radius 1 is 1.33 bits per heavy atom. The fourth-order valence-electron chi connectivity index (χ4n) is 2.49. The van der Waals surface area contributed by atoms with E-state index in [-0.39, 0.29) is 17.1 Å². The van der Waals surface area contributed by atoms with Crippen LogP contribution >= 0.6 is 0 Å². The van der Waals surface area contributed by atoms with Crippen molar-refractivity contribution in [3.63, 3.8) is 0 Å². The van der Waals surface area contributed by atoms with Crippen LogP contribution in [0.5, 0.6) is 0 Å². The lowest BCUT2D eigenvalue weighted by atomic mass is 10.1. The van der Waals surface area contributed by atoms with Crippen molar-refractivity contribution in [1.29, 1.82) is 0 Å². The first-order valence-electron chi connectivity index (χ1n) is 7.79. The highest BCUT2D eigenvalue weighted by Gasteiger charge is 2.31. The average Bonchev–Trinajstić information content (AvgIpc) is 2.93. The molecule has 1 heterocycles. The number of cyclic esters (lactones) is 1. The third-order valence-corrected chi connectivity index (χ3v) is 6.08. The van der Waals surface area contributed by atoms with E-state index in [2.05, 4.69) is 0 Å². The van der Waals surface area contributed by atoms with Crippen molar-refractivity contribution < 1.29 is 27.5 Å². The van der Waals surface area contributed by atoms with E-state index >= 15 is 0 Å². The summed E-state index contributed by atoms with van der Waals surface area (Å²) in [5.74, 6) is -1.32. The van der Waals surface area contributed by atoms with E-state index in [9.17, 15) is 18.0 Å². The summed E-state index contributed by atoms with van der Waals surface area (Å²) in [5.41, 5.74) is 0.629. The minimum Gasteiger partial charge on any atom is -0.463 e. The number of nitrogens with zero attached hydrogens (tertiary/aromatic N) is 1. The summed E-state index contributed by atoms with van der Waals surface area (Å²) in [6, 6.07) is 4.34. The Bertz CT molecular complexity index is 739. The first kappa shape index (κ1) is 18.4. The maximum absolute atomic E-state index is 12.7. The van der Waals surface area contributed by atoms with Crippen LogP contribution in [0.3, 0.4) is 0 Å². The Labute approximate surface area is 141 Å². The van der Waals surface area contributed by atoms with Crippen LogP contribution in [0.1, 0.15) is 36.2 Å². The summed E-state index contributed by atoms with van der Waals surface area (Å²) in [5, 5.41) is 0. The van der Waals surface area contributed by atoms with E-state index in [4.69, 9.17) is 9.47 Å². The summed E-state index contributed by atoms with van der Waals surface area (Å²) in [6.07, 6.45) is -0.622. The van der Waals surface area contributed by atoms with Gasteiger partial charge in [-0.15, -0.1) is 0 Å². The highest BCUT2D eigenvalue weighted by atomic mass is 32.2. The second-order valence-corrected chi connectivity index (χ2v) is 7.33. The Morgan fingerprint density at radius 2 is 2.00 bits per heavy atom. The Morgan fingerprint density at radius 3 is 2.54 bits per heavy atom. The molecule has 2 rings (SSSR count). The third kappa shape index (κ3) is 3.59. The fraction of sp³-hybridized carbons (Fsp3) is 0.500. The van der Waals surface area contributed by atoms with Gasteiger partial charge in [-0.3, -0.25) is 0 Å². The van der Waals surface area contributed by atoms with Gasteiger partial charge >= 0.3 is 11.9 Å². The summed E-state index contributed by atoms with van der Waals surface area (Å²) in [4.78, 5) is 23.7. The molecule has 0 unspecified atom stereocenters. The lowest BCUT2D eigenvalue weighted by Gasteiger charge is -2.20. The number of hydrogen-bond acceptors (Lipinski definition) is 6. The van der Waals surface area contributed by atoms with Gasteiger partial charge < -0.3 is 9.47 Å². The molecule has 0 radical (unpaired) electrons. The van der Waals surface area contributed by atoms with Gasteiger partial charge in [-0.1, -0.05) is 19.9 Å². The van der Waals surface area contributed by atoms with E-state index in [1.165, 1.54) is 16.4 Å². The smallest absolute Gasteiger partial charge is 0.347 e. The maximum atomic E-state index is 12.7. The molecule has 8 heteroatoms. The van der Waals surface area contributed by atoms with Crippen LogP contribution in [-0.2, 0) is 24.3 Å². The van der Waals surface area contributed by atoms with Gasteiger partial charge in [0.1, 0.15) is 0 Å². The van der Waals surface area contributed by atoms with Crippen LogP contribution in [0.25, 0.3) is 0 Å². The van der Waals surface area contributed by atoms with E-state index < -0.39 is 28.1 Å². The van der Waals surface area contributed by atoms with Crippen LogP contribution in [-0.4, -0.2) is 50.5 Å². The summed E-state index contributed by atoms with van der Waals surface area (Å²) < 4.78 is 36.5. The van der Waals surface area contributed by atoms with E-state index in [1.54, 1.807) is 26.8 Å². The van der Waals surface area contributed by atoms with Gasteiger partial charge in [-0.05, 0) is 24.6 Å². The molecule has 0 spiro atoms. The van der Waals surface area contributed by atoms with Crippen molar-refractivity contribution in [3.05, 3.63) is 29.3 Å². The van der Waals surface area contributed by atoms with Crippen LogP contribution < -0.4 is 0 Å². The minimum atomic E-state index is -3.69. The average molecular weight is 355 g/mol. The summed E-state index contributed by atoms with van der Waals surface area (Å²) in [6.45, 7) is 6.05. The molecule has 1 saturated heterocycles. The zero-order valence-corrected chi connectivity index (χ0v) is 14.8. The molecule has 0 aromatic heterocycles. The number of sulfonamides is 1. The molecule has 7 nitrogen and oxygen atoms in total. The normalized spacial score (nSPS) is 17.8. The molecule has 0 bridgehead atoms. The topological polar surface area (TPSA) is 90.0 Å². The molecule has 132 valence electrons. The summed E-state index contributed by atoms with van der Waals surface area (Å²) in [7, 11) is -3.69. The zero-order chi connectivity index (χ0) is 17.9. The van der Waals surface area contributed by atoms with Crippen molar-refractivity contribution in [2.45, 2.75) is 38.2 Å². The number of esters is 2. The Hall–Kier alpha value is -1.93. The van der Waals surface area contributed by atoms with Crippen molar-refractivity contribution in [3.8, 4) is 0 Å². The second-order valence-electron chi connectivity index (χ2n) is 5.42. The van der Waals surface area contributed by atoms with Crippen molar-refractivity contribution in [2.75, 3.05) is 19.7 Å². The number of carbonyl (C=O) groups is 2. The quantitative estimate of drug-likeness (QED) is 0.718. The SMILES string of the molecule is CCN(CC)S(=O)(=O)c1cc(C(=O)O[C@H]2CCOC2=O)ccc1C. The van der Waals surface area contributed by atoms with Crippen molar-refractivity contribution >= 4 is 22.0 Å². The van der Waals surface area contributed by atoms with E-state index in [0.717, 1.165) is 0 Å². The van der Waals surface area contributed by atoms with Gasteiger partial charge in [0, 0.05) is 19.5 Å². The monoisotopic (exact) mass is 355 g/mol. The summed E-state index contributed by atoms with van der Waals surface area (Å²) >= 11 is 0. The largest absolute Gasteiger partial charge is 0.463 e. The molecule has 0 amide bonds. The maximum Gasteiger partial charge on any atom is 0.347 e. The van der Waals surface area contributed by atoms with Crippen LogP contribution in [0.2, 0.25) is 0 Å². The third-order valence-electron chi connectivity index (χ3n) is 3.88. The van der Waals surface area contributed by atoms with Crippen LogP contribution in [0.4, 0.5) is 0 Å². The zero-order valence-electron chi connectivity index (χ0n) is 13.9. The van der Waals surface area contributed by atoms with Crippen LogP contribution in [0, 0.1) is 6.92 Å².